The fraction of sp³-hybridized carbons (Fsp3) is 0.286. The number of ether oxygens (including phenoxy) is 2. The van der Waals surface area contributed by atoms with Crippen LogP contribution in [0.25, 0.3) is 10.1 Å². The van der Waals surface area contributed by atoms with Crippen molar-refractivity contribution in [2.45, 2.75) is 20.0 Å². The monoisotopic (exact) mass is 355 g/mol. The molecule has 24 heavy (non-hydrogen) atoms. The van der Waals surface area contributed by atoms with E-state index in [9.17, 15) is 5.11 Å². The van der Waals surface area contributed by atoms with E-state index in [2.05, 4.69) is 25.6 Å². The molecule has 0 saturated heterocycles. The average molecular weight is 355 g/mol. The fourth-order valence-corrected chi connectivity index (χ4v) is 3.02. The van der Waals surface area contributed by atoms with Crippen LogP contribution in [0.5, 0.6) is 11.5 Å². The summed E-state index contributed by atoms with van der Waals surface area (Å²) in [6.45, 7) is 3.79. The number of benzene rings is 1. The molecule has 0 radical (unpaired) electrons. The van der Waals surface area contributed by atoms with Gasteiger partial charge in [-0.1, -0.05) is 5.10 Å². The Kier molecular flexibility index (Phi) is 6.16. The van der Waals surface area contributed by atoms with Crippen LogP contribution in [0.2, 0.25) is 0 Å². The summed E-state index contributed by atoms with van der Waals surface area (Å²) in [5.41, 5.74) is 0. The van der Waals surface area contributed by atoms with Crippen molar-refractivity contribution < 1.29 is 44.1 Å². The van der Waals surface area contributed by atoms with E-state index in [0.717, 1.165) is 10.1 Å². The first kappa shape index (κ1) is 18.7. The Hall–Kier alpha value is -1.68. The Morgan fingerprint density at radius 1 is 1.38 bits per heavy atom. The van der Waals surface area contributed by atoms with Gasteiger partial charge in [0.2, 0.25) is 0 Å². The number of methoxy groups -OCH3 is 1. The number of nitrogens with zero attached hydrogens (tertiary/aromatic N) is 4. The molecule has 0 saturated carbocycles. The number of fused-ring (bicyclic) bond motifs is 1. The molecule has 0 aliphatic carbocycles. The summed E-state index contributed by atoms with van der Waals surface area (Å²) in [7, 11) is 1.59. The molecule has 0 fully saturated rings. The third-order valence-electron chi connectivity index (χ3n) is 2.93. The molecule has 1 aromatic carbocycles. The van der Waals surface area contributed by atoms with Gasteiger partial charge in [0.05, 0.1) is 18.1 Å². The largest absolute Gasteiger partial charge is 1.00 e. The number of hydrogen-bond acceptors (Lipinski definition) is 8. The number of thiophene rings is 1. The zero-order valence-electron chi connectivity index (χ0n) is 13.7. The summed E-state index contributed by atoms with van der Waals surface area (Å²) in [4.78, 5) is 4.23. The van der Waals surface area contributed by atoms with Crippen molar-refractivity contribution in [1.29, 1.82) is 0 Å². The standard InChI is InChI=1S/C14H15N5O3S.Na/c1-7(2)22-11-9-6-8(21-3)4-5-10(9)23-12(11)13(20)15-14-16-18-19-17-14;/h4-7H,1-3H3,(H2,15,16,17,18,19,20);/q;+1/p-1. The second-order valence-corrected chi connectivity index (χ2v) is 5.97. The molecule has 0 aliphatic heterocycles. The molecular weight excluding hydrogens is 341 g/mol. The smallest absolute Gasteiger partial charge is 0.857 e. The quantitative estimate of drug-likeness (QED) is 0.344. The molecule has 10 heteroatoms. The third kappa shape index (κ3) is 3.86. The first-order valence-electron chi connectivity index (χ1n) is 6.85. The van der Waals surface area contributed by atoms with Crippen LogP contribution in [0.15, 0.2) is 23.2 Å². The van der Waals surface area contributed by atoms with Gasteiger partial charge in [-0.3, -0.25) is 0 Å². The predicted octanol–water partition coefficient (Wildman–Crippen LogP) is -1.35. The minimum atomic E-state index is -0.470. The molecule has 0 amide bonds. The first-order chi connectivity index (χ1) is 11.1. The van der Waals surface area contributed by atoms with Crippen LogP contribution in [-0.2, 0) is 0 Å². The molecule has 1 N–H and O–H groups in total. The zero-order valence-corrected chi connectivity index (χ0v) is 16.5. The van der Waals surface area contributed by atoms with Gasteiger partial charge < -0.3 is 14.6 Å². The van der Waals surface area contributed by atoms with Crippen molar-refractivity contribution in [1.82, 2.24) is 20.6 Å². The number of rotatable bonds is 5. The number of nitrogens with one attached hydrogen (secondary N) is 1. The van der Waals surface area contributed by atoms with E-state index in [1.807, 2.05) is 32.0 Å². The number of hydrogen-bond donors (Lipinski definition) is 1. The van der Waals surface area contributed by atoms with Gasteiger partial charge >= 0.3 is 29.6 Å². The maximum absolute atomic E-state index is 12.4. The molecule has 2 heterocycles. The summed E-state index contributed by atoms with van der Waals surface area (Å²) in [5, 5.41) is 26.2. The normalized spacial score (nSPS) is 11.6. The summed E-state index contributed by atoms with van der Waals surface area (Å²) >= 11 is 1.31. The Labute approximate surface area is 164 Å². The van der Waals surface area contributed by atoms with Gasteiger partial charge in [0, 0.05) is 16.0 Å². The van der Waals surface area contributed by atoms with E-state index in [1.165, 1.54) is 11.3 Å². The molecule has 0 spiro atoms. The van der Waals surface area contributed by atoms with E-state index >= 15 is 0 Å². The topological polar surface area (TPSA) is 108 Å². The van der Waals surface area contributed by atoms with Gasteiger partial charge in [0.25, 0.3) is 5.95 Å². The fourth-order valence-electron chi connectivity index (χ4n) is 2.02. The molecule has 0 atom stereocenters. The van der Waals surface area contributed by atoms with Crippen LogP contribution in [0, 0.1) is 0 Å². The minimum absolute atomic E-state index is 0. The summed E-state index contributed by atoms with van der Waals surface area (Å²) < 4.78 is 12.0. The molecule has 8 nitrogen and oxygen atoms in total. The first-order valence-corrected chi connectivity index (χ1v) is 7.67. The van der Waals surface area contributed by atoms with E-state index in [0.29, 0.717) is 16.4 Å². The van der Waals surface area contributed by atoms with Crippen molar-refractivity contribution in [2.24, 2.45) is 4.99 Å². The number of tetrazole rings is 1. The SMILES string of the molecule is COc1ccc2sc(C([O-])=Nc3nn[nH]n3)c(OC(C)C)c2c1.[Na+]. The zero-order chi connectivity index (χ0) is 16.4. The Balaban J connectivity index is 0.00000208. The maximum atomic E-state index is 12.4. The van der Waals surface area contributed by atoms with Gasteiger partial charge in [-0.15, -0.1) is 16.4 Å². The molecule has 2 aromatic heterocycles. The molecule has 3 rings (SSSR count). The second kappa shape index (κ2) is 7.93. The maximum Gasteiger partial charge on any atom is 1.00 e. The average Bonchev–Trinajstić information content (AvgIpc) is 3.14. The van der Waals surface area contributed by atoms with Crippen LogP contribution >= 0.6 is 11.3 Å². The van der Waals surface area contributed by atoms with Crippen LogP contribution < -0.4 is 44.1 Å². The van der Waals surface area contributed by atoms with Crippen molar-refractivity contribution in [3.63, 3.8) is 0 Å². The molecule has 0 unspecified atom stereocenters. The second-order valence-electron chi connectivity index (χ2n) is 4.92. The molecular formula is C14H14N5NaO3S. The van der Waals surface area contributed by atoms with Gasteiger partial charge in [0.1, 0.15) is 11.5 Å². The molecule has 0 aliphatic rings. The van der Waals surface area contributed by atoms with E-state index in [4.69, 9.17) is 9.47 Å². The third-order valence-corrected chi connectivity index (χ3v) is 4.07. The van der Waals surface area contributed by atoms with E-state index in [-0.39, 0.29) is 41.6 Å². The van der Waals surface area contributed by atoms with E-state index < -0.39 is 5.90 Å². The van der Waals surface area contributed by atoms with Crippen LogP contribution in [0.4, 0.5) is 5.95 Å². The molecule has 120 valence electrons. The summed E-state index contributed by atoms with van der Waals surface area (Å²) in [6.07, 6.45) is -0.0873. The van der Waals surface area contributed by atoms with Crippen molar-refractivity contribution in [2.75, 3.05) is 7.11 Å². The summed E-state index contributed by atoms with van der Waals surface area (Å²) in [6, 6.07) is 5.56. The van der Waals surface area contributed by atoms with Gasteiger partial charge in [-0.25, -0.2) is 4.99 Å². The molecule has 3 aromatic rings. The van der Waals surface area contributed by atoms with E-state index in [1.54, 1.807) is 7.11 Å². The minimum Gasteiger partial charge on any atom is -0.857 e. The number of aromatic amines is 1. The number of H-pyrrole nitrogens is 1. The Bertz CT molecular complexity index is 848. The molecule has 0 bridgehead atoms. The number of aromatic nitrogens is 4. The summed E-state index contributed by atoms with van der Waals surface area (Å²) in [5.74, 6) is 0.705. The van der Waals surface area contributed by atoms with Crippen molar-refractivity contribution >= 4 is 33.3 Å². The Morgan fingerprint density at radius 3 is 2.79 bits per heavy atom. The van der Waals surface area contributed by atoms with Gasteiger partial charge in [-0.2, -0.15) is 5.21 Å². The van der Waals surface area contributed by atoms with Gasteiger partial charge in [-0.05, 0) is 37.3 Å². The van der Waals surface area contributed by atoms with Crippen LogP contribution in [0.1, 0.15) is 18.7 Å². The number of aliphatic imine (C=N–C) groups is 1. The van der Waals surface area contributed by atoms with Crippen molar-refractivity contribution in [3.8, 4) is 11.5 Å². The van der Waals surface area contributed by atoms with Crippen molar-refractivity contribution in [3.05, 3.63) is 23.1 Å². The predicted molar refractivity (Wildman–Crippen MR) is 84.5 cm³/mol. The van der Waals surface area contributed by atoms with Gasteiger partial charge in [0.15, 0.2) is 0 Å². The van der Waals surface area contributed by atoms with Crippen LogP contribution in [-0.4, -0.2) is 39.7 Å². The van der Waals surface area contributed by atoms with Crippen LogP contribution in [0.3, 0.4) is 0 Å². The Morgan fingerprint density at radius 2 is 2.17 bits per heavy atom.